The summed E-state index contributed by atoms with van der Waals surface area (Å²) in [6.07, 6.45) is -1.46. The molecule has 3 rings (SSSR count). The molecule has 0 spiro atoms. The first kappa shape index (κ1) is 13.2. The van der Waals surface area contributed by atoms with Gasteiger partial charge in [-0.15, -0.1) is 0 Å². The largest absolute Gasteiger partial charge is 0.394 e. The van der Waals surface area contributed by atoms with E-state index in [-0.39, 0.29) is 12.4 Å². The van der Waals surface area contributed by atoms with Crippen molar-refractivity contribution in [1.82, 2.24) is 9.97 Å². The lowest BCUT2D eigenvalue weighted by atomic mass is 10.2. The SMILES string of the molecule is CN1CN([C@H]2C[C@H](O)[C@@H](CO)O2)c2nc(=O)[nH]c(N)c21. The van der Waals surface area contributed by atoms with Crippen molar-refractivity contribution in [2.24, 2.45) is 0 Å². The number of nitrogens with zero attached hydrogens (tertiary/aromatic N) is 3. The van der Waals surface area contributed by atoms with Gasteiger partial charge in [-0.3, -0.25) is 4.98 Å². The molecule has 0 saturated carbocycles. The highest BCUT2D eigenvalue weighted by molar-refractivity contribution is 5.81. The van der Waals surface area contributed by atoms with Gasteiger partial charge in [-0.25, -0.2) is 4.79 Å². The van der Waals surface area contributed by atoms with E-state index in [1.807, 2.05) is 11.9 Å². The molecule has 0 bridgehead atoms. The fourth-order valence-corrected chi connectivity index (χ4v) is 2.71. The molecule has 5 N–H and O–H groups in total. The molecule has 2 aliphatic rings. The van der Waals surface area contributed by atoms with Crippen LogP contribution in [0, 0.1) is 0 Å². The molecule has 0 amide bonds. The quantitative estimate of drug-likeness (QED) is 0.492. The number of anilines is 3. The van der Waals surface area contributed by atoms with Crippen LogP contribution in [0.1, 0.15) is 6.42 Å². The van der Waals surface area contributed by atoms with Crippen LogP contribution in [0.25, 0.3) is 0 Å². The number of hydrogen-bond donors (Lipinski definition) is 4. The number of nitrogens with one attached hydrogen (secondary N) is 1. The third kappa shape index (κ3) is 1.90. The lowest BCUT2D eigenvalue weighted by molar-refractivity contribution is -0.0220. The molecule has 0 radical (unpaired) electrons. The Morgan fingerprint density at radius 1 is 1.60 bits per heavy atom. The summed E-state index contributed by atoms with van der Waals surface area (Å²) in [6, 6.07) is 0. The number of H-pyrrole nitrogens is 1. The number of fused-ring (bicyclic) bond motifs is 1. The minimum Gasteiger partial charge on any atom is -0.394 e. The number of aliphatic hydroxyl groups is 2. The van der Waals surface area contributed by atoms with E-state index in [2.05, 4.69) is 9.97 Å². The fourth-order valence-electron chi connectivity index (χ4n) is 2.71. The predicted molar refractivity (Wildman–Crippen MR) is 71.4 cm³/mol. The number of ether oxygens (including phenoxy) is 1. The molecule has 9 heteroatoms. The lowest BCUT2D eigenvalue weighted by Gasteiger charge is -2.25. The van der Waals surface area contributed by atoms with E-state index in [9.17, 15) is 9.90 Å². The third-order valence-corrected chi connectivity index (χ3v) is 3.67. The van der Waals surface area contributed by atoms with Crippen molar-refractivity contribution in [3.05, 3.63) is 10.5 Å². The molecule has 0 aliphatic carbocycles. The van der Waals surface area contributed by atoms with E-state index in [1.54, 1.807) is 4.90 Å². The predicted octanol–water partition coefficient (Wildman–Crippen LogP) is -1.97. The molecule has 20 heavy (non-hydrogen) atoms. The van der Waals surface area contributed by atoms with Crippen molar-refractivity contribution in [3.63, 3.8) is 0 Å². The van der Waals surface area contributed by atoms with Crippen molar-refractivity contribution < 1.29 is 14.9 Å². The van der Waals surface area contributed by atoms with E-state index in [0.29, 0.717) is 24.6 Å². The van der Waals surface area contributed by atoms with Gasteiger partial charge in [0.05, 0.1) is 19.4 Å². The van der Waals surface area contributed by atoms with Gasteiger partial charge >= 0.3 is 5.69 Å². The zero-order valence-electron chi connectivity index (χ0n) is 11.0. The van der Waals surface area contributed by atoms with E-state index in [1.165, 1.54) is 0 Å². The molecular weight excluding hydrogens is 266 g/mol. The maximum absolute atomic E-state index is 11.5. The maximum atomic E-state index is 11.5. The van der Waals surface area contributed by atoms with Crippen LogP contribution in [0.4, 0.5) is 17.3 Å². The van der Waals surface area contributed by atoms with Crippen molar-refractivity contribution >= 4 is 17.3 Å². The molecule has 0 aromatic carbocycles. The van der Waals surface area contributed by atoms with Crippen LogP contribution < -0.4 is 21.2 Å². The van der Waals surface area contributed by atoms with Gasteiger partial charge in [0.15, 0.2) is 5.82 Å². The van der Waals surface area contributed by atoms with Crippen molar-refractivity contribution in [2.45, 2.75) is 24.9 Å². The number of nitrogen functional groups attached to an aromatic ring is 1. The van der Waals surface area contributed by atoms with Crippen molar-refractivity contribution in [1.29, 1.82) is 0 Å². The lowest BCUT2D eigenvalue weighted by Crippen LogP contribution is -2.38. The van der Waals surface area contributed by atoms with Crippen LogP contribution in [0.2, 0.25) is 0 Å². The highest BCUT2D eigenvalue weighted by atomic mass is 16.5. The van der Waals surface area contributed by atoms with Gasteiger partial charge in [0, 0.05) is 13.5 Å². The number of aromatic amines is 1. The van der Waals surface area contributed by atoms with Crippen LogP contribution in [-0.4, -0.2) is 58.9 Å². The van der Waals surface area contributed by atoms with Gasteiger partial charge < -0.3 is 30.5 Å². The minimum absolute atomic E-state index is 0.251. The zero-order valence-corrected chi connectivity index (χ0v) is 11.0. The smallest absolute Gasteiger partial charge is 0.348 e. The molecule has 2 aliphatic heterocycles. The average molecular weight is 283 g/mol. The number of hydrogen-bond acceptors (Lipinski definition) is 8. The van der Waals surface area contributed by atoms with Gasteiger partial charge in [-0.05, 0) is 0 Å². The summed E-state index contributed by atoms with van der Waals surface area (Å²) in [4.78, 5) is 21.5. The van der Waals surface area contributed by atoms with Gasteiger partial charge in [0.1, 0.15) is 23.8 Å². The van der Waals surface area contributed by atoms with E-state index < -0.39 is 24.1 Å². The Morgan fingerprint density at radius 2 is 2.35 bits per heavy atom. The van der Waals surface area contributed by atoms with Crippen molar-refractivity contribution in [2.75, 3.05) is 35.9 Å². The molecule has 1 aromatic rings. The number of aromatic nitrogens is 2. The normalized spacial score (nSPS) is 29.1. The topological polar surface area (TPSA) is 128 Å². The monoisotopic (exact) mass is 283 g/mol. The second-order valence-corrected chi connectivity index (χ2v) is 5.05. The molecule has 1 saturated heterocycles. The standard InChI is InChI=1S/C11H17N5O4/c1-15-4-16(7-2-5(18)6(3-17)20-7)10-8(15)9(12)13-11(19)14-10/h5-7,17-18H,2-4H2,1H3,(H3,12,13,14,19)/t5-,6+,7+/m0/s1. The summed E-state index contributed by atoms with van der Waals surface area (Å²) in [5.41, 5.74) is 5.92. The number of rotatable bonds is 2. The van der Waals surface area contributed by atoms with Gasteiger partial charge in [0.2, 0.25) is 0 Å². The summed E-state index contributed by atoms with van der Waals surface area (Å²) in [5, 5.41) is 18.9. The average Bonchev–Trinajstić information content (AvgIpc) is 2.90. The Labute approximate surface area is 114 Å². The maximum Gasteiger partial charge on any atom is 0.348 e. The van der Waals surface area contributed by atoms with Gasteiger partial charge in [-0.1, -0.05) is 0 Å². The second-order valence-electron chi connectivity index (χ2n) is 5.05. The Hall–Kier alpha value is -1.84. The van der Waals surface area contributed by atoms with Crippen LogP contribution in [0.5, 0.6) is 0 Å². The van der Waals surface area contributed by atoms with Gasteiger partial charge in [0.25, 0.3) is 0 Å². The summed E-state index contributed by atoms with van der Waals surface area (Å²) < 4.78 is 5.60. The first-order valence-electron chi connectivity index (χ1n) is 6.33. The summed E-state index contributed by atoms with van der Waals surface area (Å²) in [6.45, 7) is 0.193. The fraction of sp³-hybridized carbons (Fsp3) is 0.636. The highest BCUT2D eigenvalue weighted by Crippen LogP contribution is 2.39. The van der Waals surface area contributed by atoms with E-state index >= 15 is 0 Å². The van der Waals surface area contributed by atoms with Crippen molar-refractivity contribution in [3.8, 4) is 0 Å². The first-order valence-corrected chi connectivity index (χ1v) is 6.33. The zero-order chi connectivity index (χ0) is 14.4. The molecule has 0 unspecified atom stereocenters. The Bertz CT molecular complexity index is 576. The first-order chi connectivity index (χ1) is 9.51. The van der Waals surface area contributed by atoms with E-state index in [0.717, 1.165) is 0 Å². The Morgan fingerprint density at radius 3 is 3.00 bits per heavy atom. The molecule has 1 fully saturated rings. The molecule has 3 heterocycles. The Kier molecular flexibility index (Phi) is 3.04. The third-order valence-electron chi connectivity index (χ3n) is 3.67. The second kappa shape index (κ2) is 4.62. The highest BCUT2D eigenvalue weighted by Gasteiger charge is 2.41. The number of nitrogens with two attached hydrogens (primary N) is 1. The van der Waals surface area contributed by atoms with Crippen LogP contribution >= 0.6 is 0 Å². The number of aliphatic hydroxyl groups excluding tert-OH is 2. The summed E-state index contributed by atoms with van der Waals surface area (Å²) in [7, 11) is 1.82. The van der Waals surface area contributed by atoms with E-state index in [4.69, 9.17) is 15.6 Å². The van der Waals surface area contributed by atoms with Crippen LogP contribution in [-0.2, 0) is 4.74 Å². The van der Waals surface area contributed by atoms with Crippen LogP contribution in [0.3, 0.4) is 0 Å². The molecule has 110 valence electrons. The minimum atomic E-state index is -0.737. The molecule has 1 aromatic heterocycles. The van der Waals surface area contributed by atoms with Crippen LogP contribution in [0.15, 0.2) is 4.79 Å². The summed E-state index contributed by atoms with van der Waals surface area (Å²) in [5.74, 6) is 0.687. The molecule has 9 nitrogen and oxygen atoms in total. The Balaban J connectivity index is 1.94. The van der Waals surface area contributed by atoms with Gasteiger partial charge in [-0.2, -0.15) is 4.98 Å². The molecular formula is C11H17N5O4. The summed E-state index contributed by atoms with van der Waals surface area (Å²) >= 11 is 0. The molecule has 3 atom stereocenters.